The van der Waals surface area contributed by atoms with E-state index in [1.165, 1.54) is 6.07 Å². The molecular formula is C14H18BrFN2O. The summed E-state index contributed by atoms with van der Waals surface area (Å²) in [6.07, 6.45) is 4.73. The average Bonchev–Trinajstić information content (AvgIpc) is 2.42. The normalized spacial score (nSPS) is 18.1. The van der Waals surface area contributed by atoms with Crippen LogP contribution in [0.1, 0.15) is 32.1 Å². The highest BCUT2D eigenvalue weighted by Gasteiger charge is 2.38. The predicted octanol–water partition coefficient (Wildman–Crippen LogP) is 3.44. The number of nitrogens with one attached hydrogen (secondary N) is 1. The molecule has 1 aromatic carbocycles. The van der Waals surface area contributed by atoms with Crippen LogP contribution < -0.4 is 11.1 Å². The maximum absolute atomic E-state index is 13.7. The van der Waals surface area contributed by atoms with Crippen LogP contribution in [0.15, 0.2) is 22.7 Å². The Morgan fingerprint density at radius 1 is 1.37 bits per heavy atom. The molecule has 1 amide bonds. The van der Waals surface area contributed by atoms with Gasteiger partial charge in [-0.25, -0.2) is 4.39 Å². The number of amides is 1. The van der Waals surface area contributed by atoms with E-state index >= 15 is 0 Å². The largest absolute Gasteiger partial charge is 0.329 e. The van der Waals surface area contributed by atoms with E-state index in [9.17, 15) is 9.18 Å². The summed E-state index contributed by atoms with van der Waals surface area (Å²) >= 11 is 3.19. The molecule has 104 valence electrons. The Kier molecular flexibility index (Phi) is 4.58. The second kappa shape index (κ2) is 6.01. The van der Waals surface area contributed by atoms with E-state index in [1.54, 1.807) is 12.1 Å². The standard InChI is InChI=1S/C14H18BrFN2O/c15-10-4-5-12(11(16)8-10)18-13(19)14(9-17)6-2-1-3-7-14/h4-5,8H,1-3,6-7,9,17H2,(H,18,19). The minimum absolute atomic E-state index is 0.157. The molecule has 3 nitrogen and oxygen atoms in total. The van der Waals surface area contributed by atoms with Gasteiger partial charge in [0, 0.05) is 11.0 Å². The molecule has 0 heterocycles. The van der Waals surface area contributed by atoms with E-state index in [1.807, 2.05) is 0 Å². The lowest BCUT2D eigenvalue weighted by molar-refractivity contribution is -0.126. The molecule has 0 radical (unpaired) electrons. The molecule has 19 heavy (non-hydrogen) atoms. The Balaban J connectivity index is 2.15. The third kappa shape index (κ3) is 3.15. The van der Waals surface area contributed by atoms with Crippen molar-refractivity contribution in [2.75, 3.05) is 11.9 Å². The van der Waals surface area contributed by atoms with Gasteiger partial charge in [-0.3, -0.25) is 4.79 Å². The summed E-state index contributed by atoms with van der Waals surface area (Å²) in [7, 11) is 0. The van der Waals surface area contributed by atoms with Gasteiger partial charge in [0.2, 0.25) is 5.91 Å². The number of rotatable bonds is 3. The second-order valence-electron chi connectivity index (χ2n) is 5.12. The van der Waals surface area contributed by atoms with Crippen LogP contribution in [-0.4, -0.2) is 12.5 Å². The highest BCUT2D eigenvalue weighted by Crippen LogP contribution is 2.36. The highest BCUT2D eigenvalue weighted by molar-refractivity contribution is 9.10. The van der Waals surface area contributed by atoms with Gasteiger partial charge >= 0.3 is 0 Å². The summed E-state index contributed by atoms with van der Waals surface area (Å²) in [6, 6.07) is 4.60. The zero-order valence-electron chi connectivity index (χ0n) is 10.7. The molecule has 0 spiro atoms. The third-order valence-electron chi connectivity index (χ3n) is 3.86. The van der Waals surface area contributed by atoms with Gasteiger partial charge in [-0.1, -0.05) is 35.2 Å². The van der Waals surface area contributed by atoms with Crippen LogP contribution in [0.4, 0.5) is 10.1 Å². The lowest BCUT2D eigenvalue weighted by atomic mass is 9.73. The molecule has 1 fully saturated rings. The maximum Gasteiger partial charge on any atom is 0.231 e. The van der Waals surface area contributed by atoms with E-state index in [-0.39, 0.29) is 11.6 Å². The Labute approximate surface area is 120 Å². The number of halogens is 2. The number of hydrogen-bond acceptors (Lipinski definition) is 2. The van der Waals surface area contributed by atoms with Crippen molar-refractivity contribution >= 4 is 27.5 Å². The molecule has 1 aliphatic carbocycles. The average molecular weight is 329 g/mol. The van der Waals surface area contributed by atoms with Gasteiger partial charge in [-0.05, 0) is 31.0 Å². The van der Waals surface area contributed by atoms with Crippen LogP contribution in [0.25, 0.3) is 0 Å². The fourth-order valence-electron chi connectivity index (χ4n) is 2.60. The molecule has 0 unspecified atom stereocenters. The van der Waals surface area contributed by atoms with Crippen molar-refractivity contribution in [1.82, 2.24) is 0 Å². The number of hydrogen-bond donors (Lipinski definition) is 2. The summed E-state index contributed by atoms with van der Waals surface area (Å²) in [5.41, 5.74) is 5.48. The van der Waals surface area contributed by atoms with Crippen molar-refractivity contribution < 1.29 is 9.18 Å². The van der Waals surface area contributed by atoms with Gasteiger partial charge in [0.05, 0.1) is 11.1 Å². The van der Waals surface area contributed by atoms with E-state index in [4.69, 9.17) is 5.73 Å². The minimum atomic E-state index is -0.530. The van der Waals surface area contributed by atoms with Gasteiger partial charge in [0.1, 0.15) is 5.82 Å². The Hall–Kier alpha value is -0.940. The van der Waals surface area contributed by atoms with Crippen LogP contribution in [0.3, 0.4) is 0 Å². The molecule has 0 saturated heterocycles. The van der Waals surface area contributed by atoms with Gasteiger partial charge in [-0.15, -0.1) is 0 Å². The fourth-order valence-corrected chi connectivity index (χ4v) is 2.93. The molecule has 5 heteroatoms. The maximum atomic E-state index is 13.7. The summed E-state index contributed by atoms with van der Waals surface area (Å²) in [6.45, 7) is 0.316. The third-order valence-corrected chi connectivity index (χ3v) is 4.36. The van der Waals surface area contributed by atoms with Gasteiger partial charge < -0.3 is 11.1 Å². The molecular weight excluding hydrogens is 311 g/mol. The zero-order valence-corrected chi connectivity index (χ0v) is 12.3. The van der Waals surface area contributed by atoms with Crippen LogP contribution in [0, 0.1) is 11.2 Å². The topological polar surface area (TPSA) is 55.1 Å². The number of anilines is 1. The van der Waals surface area contributed by atoms with E-state index in [0.717, 1.165) is 32.1 Å². The highest BCUT2D eigenvalue weighted by atomic mass is 79.9. The molecule has 3 N–H and O–H groups in total. The Morgan fingerprint density at radius 3 is 2.63 bits per heavy atom. The van der Waals surface area contributed by atoms with Crippen molar-refractivity contribution in [3.8, 4) is 0 Å². The summed E-state index contributed by atoms with van der Waals surface area (Å²) in [4.78, 5) is 12.4. The van der Waals surface area contributed by atoms with Crippen LogP contribution >= 0.6 is 15.9 Å². The molecule has 1 aliphatic rings. The lowest BCUT2D eigenvalue weighted by Crippen LogP contribution is -2.44. The number of nitrogens with two attached hydrogens (primary N) is 1. The summed E-state index contributed by atoms with van der Waals surface area (Å²) in [5, 5.41) is 2.68. The summed E-state index contributed by atoms with van der Waals surface area (Å²) in [5.74, 6) is -0.596. The molecule has 0 bridgehead atoms. The molecule has 0 aromatic heterocycles. The minimum Gasteiger partial charge on any atom is -0.329 e. The number of carbonyl (C=O) groups excluding carboxylic acids is 1. The number of benzene rings is 1. The van der Waals surface area contributed by atoms with Crippen LogP contribution in [-0.2, 0) is 4.79 Å². The van der Waals surface area contributed by atoms with Crippen molar-refractivity contribution in [2.45, 2.75) is 32.1 Å². The first-order valence-electron chi connectivity index (χ1n) is 6.54. The molecule has 1 saturated carbocycles. The fraction of sp³-hybridized carbons (Fsp3) is 0.500. The number of carbonyl (C=O) groups is 1. The van der Waals surface area contributed by atoms with Crippen molar-refractivity contribution in [1.29, 1.82) is 0 Å². The summed E-state index contributed by atoms with van der Waals surface area (Å²) < 4.78 is 14.4. The van der Waals surface area contributed by atoms with Gasteiger partial charge in [0.25, 0.3) is 0 Å². The Bertz CT molecular complexity index is 473. The van der Waals surface area contributed by atoms with Crippen LogP contribution in [0.5, 0.6) is 0 Å². The SMILES string of the molecule is NCC1(C(=O)Nc2ccc(Br)cc2F)CCCCC1. The predicted molar refractivity (Wildman–Crippen MR) is 77.3 cm³/mol. The quantitative estimate of drug-likeness (QED) is 0.893. The van der Waals surface area contributed by atoms with Gasteiger partial charge in [0.15, 0.2) is 0 Å². The van der Waals surface area contributed by atoms with Crippen molar-refractivity contribution in [3.63, 3.8) is 0 Å². The smallest absolute Gasteiger partial charge is 0.231 e. The monoisotopic (exact) mass is 328 g/mol. The van der Waals surface area contributed by atoms with Gasteiger partial charge in [-0.2, -0.15) is 0 Å². The van der Waals surface area contributed by atoms with E-state index < -0.39 is 11.2 Å². The molecule has 2 rings (SSSR count). The Morgan fingerprint density at radius 2 is 2.05 bits per heavy atom. The van der Waals surface area contributed by atoms with Crippen LogP contribution in [0.2, 0.25) is 0 Å². The second-order valence-corrected chi connectivity index (χ2v) is 6.04. The van der Waals surface area contributed by atoms with Crippen molar-refractivity contribution in [2.24, 2.45) is 11.1 Å². The van der Waals surface area contributed by atoms with Crippen molar-refractivity contribution in [3.05, 3.63) is 28.5 Å². The first-order valence-corrected chi connectivity index (χ1v) is 7.33. The molecule has 1 aromatic rings. The molecule has 0 atom stereocenters. The lowest BCUT2D eigenvalue weighted by Gasteiger charge is -2.34. The first kappa shape index (κ1) is 14.5. The molecule has 0 aliphatic heterocycles. The first-order chi connectivity index (χ1) is 9.07. The zero-order chi connectivity index (χ0) is 13.9. The van der Waals surface area contributed by atoms with E-state index in [0.29, 0.717) is 11.0 Å². The van der Waals surface area contributed by atoms with E-state index in [2.05, 4.69) is 21.2 Å².